The van der Waals surface area contributed by atoms with Crippen molar-refractivity contribution in [3.63, 3.8) is 0 Å². The summed E-state index contributed by atoms with van der Waals surface area (Å²) in [6.07, 6.45) is 5.94. The maximum Gasteiger partial charge on any atom is 0.308 e. The fourth-order valence-corrected chi connectivity index (χ4v) is 3.37. The Bertz CT molecular complexity index is 483. The minimum absolute atomic E-state index is 0.195. The van der Waals surface area contributed by atoms with Gasteiger partial charge < -0.3 is 5.11 Å². The number of aliphatic carboxylic acids is 1. The Morgan fingerprint density at radius 1 is 1.19 bits per heavy atom. The van der Waals surface area contributed by atoms with E-state index in [9.17, 15) is 13.6 Å². The average Bonchev–Trinajstić information content (AvgIpc) is 2.43. The van der Waals surface area contributed by atoms with Gasteiger partial charge in [0.1, 0.15) is 11.6 Å². The van der Waals surface area contributed by atoms with Crippen LogP contribution in [0.5, 0.6) is 0 Å². The van der Waals surface area contributed by atoms with Crippen LogP contribution in [-0.4, -0.2) is 11.1 Å². The van der Waals surface area contributed by atoms with E-state index in [1.807, 2.05) is 0 Å². The molecule has 0 unspecified atom stereocenters. The van der Waals surface area contributed by atoms with Gasteiger partial charge in [0.2, 0.25) is 0 Å². The summed E-state index contributed by atoms with van der Waals surface area (Å²) in [6, 6.07) is 2.65. The highest BCUT2D eigenvalue weighted by Gasteiger charge is 2.24. The Kier molecular flexibility index (Phi) is 5.32. The standard InChI is InChI=1S/C17H22F2O2/c1-2-3-11-4-6-12(7-5-11)13-8-15(18)14(10-17(20)21)16(19)9-13/h8-9,11-12H,2-7,10H2,1H3,(H,20,21). The van der Waals surface area contributed by atoms with E-state index in [0.29, 0.717) is 5.56 Å². The summed E-state index contributed by atoms with van der Waals surface area (Å²) < 4.78 is 27.8. The molecule has 1 aliphatic rings. The molecule has 2 nitrogen and oxygen atoms in total. The van der Waals surface area contributed by atoms with Crippen LogP contribution in [0.4, 0.5) is 8.78 Å². The summed E-state index contributed by atoms with van der Waals surface area (Å²) in [5.41, 5.74) is 0.333. The molecule has 2 rings (SSSR count). The lowest BCUT2D eigenvalue weighted by molar-refractivity contribution is -0.136. The molecule has 1 saturated carbocycles. The van der Waals surface area contributed by atoms with Crippen LogP contribution in [0.1, 0.15) is 62.5 Å². The largest absolute Gasteiger partial charge is 0.481 e. The van der Waals surface area contributed by atoms with Gasteiger partial charge in [0.15, 0.2) is 0 Å². The zero-order valence-corrected chi connectivity index (χ0v) is 12.4. The Balaban J connectivity index is 2.10. The summed E-state index contributed by atoms with van der Waals surface area (Å²) in [4.78, 5) is 10.6. The normalized spacial score (nSPS) is 22.2. The first kappa shape index (κ1) is 15.9. The maximum atomic E-state index is 13.9. The zero-order valence-electron chi connectivity index (χ0n) is 12.4. The van der Waals surface area contributed by atoms with Gasteiger partial charge in [-0.05, 0) is 55.2 Å². The minimum Gasteiger partial charge on any atom is -0.481 e. The first-order valence-corrected chi connectivity index (χ1v) is 7.70. The van der Waals surface area contributed by atoms with Crippen LogP contribution in [0, 0.1) is 17.6 Å². The van der Waals surface area contributed by atoms with Crippen LogP contribution in [0.2, 0.25) is 0 Å². The highest BCUT2D eigenvalue weighted by atomic mass is 19.1. The predicted octanol–water partition coefficient (Wildman–Crippen LogP) is 4.67. The second-order valence-corrected chi connectivity index (χ2v) is 6.04. The van der Waals surface area contributed by atoms with E-state index in [1.165, 1.54) is 25.0 Å². The first-order valence-electron chi connectivity index (χ1n) is 7.70. The van der Waals surface area contributed by atoms with Crippen molar-refractivity contribution in [3.8, 4) is 0 Å². The van der Waals surface area contributed by atoms with Gasteiger partial charge in [0.05, 0.1) is 6.42 Å². The Hall–Kier alpha value is -1.45. The number of carboxylic acids is 1. The van der Waals surface area contributed by atoms with Gasteiger partial charge in [-0.2, -0.15) is 0 Å². The summed E-state index contributed by atoms with van der Waals surface area (Å²) >= 11 is 0. The fraction of sp³-hybridized carbons (Fsp3) is 0.588. The second kappa shape index (κ2) is 7.01. The van der Waals surface area contributed by atoms with Crippen molar-refractivity contribution >= 4 is 5.97 Å². The molecule has 0 amide bonds. The third-order valence-electron chi connectivity index (χ3n) is 4.51. The van der Waals surface area contributed by atoms with Crippen molar-refractivity contribution < 1.29 is 18.7 Å². The summed E-state index contributed by atoms with van der Waals surface area (Å²) in [5, 5.41) is 8.68. The van der Waals surface area contributed by atoms with Crippen molar-refractivity contribution in [2.45, 2.75) is 57.8 Å². The van der Waals surface area contributed by atoms with Crippen LogP contribution in [0.3, 0.4) is 0 Å². The Labute approximate surface area is 124 Å². The molecule has 1 aliphatic carbocycles. The monoisotopic (exact) mass is 296 g/mol. The van der Waals surface area contributed by atoms with Crippen molar-refractivity contribution in [3.05, 3.63) is 34.9 Å². The van der Waals surface area contributed by atoms with Gasteiger partial charge in [-0.15, -0.1) is 0 Å². The Morgan fingerprint density at radius 2 is 1.76 bits per heavy atom. The van der Waals surface area contributed by atoms with Gasteiger partial charge in [0.25, 0.3) is 0 Å². The SMILES string of the molecule is CCCC1CCC(c2cc(F)c(CC(=O)O)c(F)c2)CC1. The Morgan fingerprint density at radius 3 is 2.24 bits per heavy atom. The molecule has 0 spiro atoms. The lowest BCUT2D eigenvalue weighted by Gasteiger charge is -2.28. The molecular weight excluding hydrogens is 274 g/mol. The summed E-state index contributed by atoms with van der Waals surface area (Å²) in [6.45, 7) is 2.18. The van der Waals surface area contributed by atoms with Crippen molar-refractivity contribution in [2.75, 3.05) is 0 Å². The molecular formula is C17H22F2O2. The highest BCUT2D eigenvalue weighted by molar-refractivity contribution is 5.70. The molecule has 1 N–H and O–H groups in total. The fourth-order valence-electron chi connectivity index (χ4n) is 3.37. The van der Waals surface area contributed by atoms with Gasteiger partial charge in [0, 0.05) is 5.56 Å². The van der Waals surface area contributed by atoms with Crippen LogP contribution in [0.25, 0.3) is 0 Å². The number of benzene rings is 1. The number of carbonyl (C=O) groups is 1. The quantitative estimate of drug-likeness (QED) is 0.857. The molecule has 116 valence electrons. The van der Waals surface area contributed by atoms with Gasteiger partial charge in [-0.3, -0.25) is 4.79 Å². The molecule has 1 aromatic rings. The van der Waals surface area contributed by atoms with E-state index in [1.54, 1.807) is 0 Å². The number of hydrogen-bond acceptors (Lipinski definition) is 1. The molecule has 0 saturated heterocycles. The molecule has 4 heteroatoms. The van der Waals surface area contributed by atoms with E-state index >= 15 is 0 Å². The lowest BCUT2D eigenvalue weighted by Crippen LogP contribution is -2.14. The van der Waals surface area contributed by atoms with E-state index in [-0.39, 0.29) is 11.5 Å². The average molecular weight is 296 g/mol. The summed E-state index contributed by atoms with van der Waals surface area (Å²) in [5.74, 6) is -1.75. The number of rotatable bonds is 5. The minimum atomic E-state index is -1.22. The van der Waals surface area contributed by atoms with E-state index in [0.717, 1.165) is 31.6 Å². The van der Waals surface area contributed by atoms with Crippen LogP contribution in [0.15, 0.2) is 12.1 Å². The highest BCUT2D eigenvalue weighted by Crippen LogP contribution is 2.38. The second-order valence-electron chi connectivity index (χ2n) is 6.04. The molecule has 0 bridgehead atoms. The topological polar surface area (TPSA) is 37.3 Å². The smallest absolute Gasteiger partial charge is 0.308 e. The van der Waals surface area contributed by atoms with E-state index < -0.39 is 24.0 Å². The molecule has 0 heterocycles. The molecule has 0 atom stereocenters. The molecule has 0 aliphatic heterocycles. The van der Waals surface area contributed by atoms with Gasteiger partial charge >= 0.3 is 5.97 Å². The number of halogens is 2. The first-order chi connectivity index (χ1) is 10.0. The van der Waals surface area contributed by atoms with Crippen molar-refractivity contribution in [2.24, 2.45) is 5.92 Å². The molecule has 0 radical (unpaired) electrons. The van der Waals surface area contributed by atoms with Gasteiger partial charge in [-0.25, -0.2) is 8.78 Å². The predicted molar refractivity (Wildman–Crippen MR) is 77.3 cm³/mol. The molecule has 1 aromatic carbocycles. The molecule has 0 aromatic heterocycles. The third-order valence-corrected chi connectivity index (χ3v) is 4.51. The number of hydrogen-bond donors (Lipinski definition) is 1. The van der Waals surface area contributed by atoms with Crippen LogP contribution >= 0.6 is 0 Å². The summed E-state index contributed by atoms with van der Waals surface area (Å²) in [7, 11) is 0. The maximum absolute atomic E-state index is 13.9. The van der Waals surface area contributed by atoms with E-state index in [4.69, 9.17) is 5.11 Å². The van der Waals surface area contributed by atoms with Gasteiger partial charge in [-0.1, -0.05) is 19.8 Å². The number of carboxylic acid groups (broad SMARTS) is 1. The molecule has 1 fully saturated rings. The lowest BCUT2D eigenvalue weighted by atomic mass is 9.77. The van der Waals surface area contributed by atoms with Crippen molar-refractivity contribution in [1.82, 2.24) is 0 Å². The third kappa shape index (κ3) is 4.02. The van der Waals surface area contributed by atoms with Crippen LogP contribution in [-0.2, 0) is 11.2 Å². The zero-order chi connectivity index (χ0) is 15.4. The molecule has 21 heavy (non-hydrogen) atoms. The van der Waals surface area contributed by atoms with Crippen molar-refractivity contribution in [1.29, 1.82) is 0 Å². The van der Waals surface area contributed by atoms with Crippen LogP contribution < -0.4 is 0 Å². The van der Waals surface area contributed by atoms with E-state index in [2.05, 4.69) is 6.92 Å².